The number of carbonyl (C=O) groups is 1. The number of hydroxylamine groups is 1. The summed E-state index contributed by atoms with van der Waals surface area (Å²) < 4.78 is 1.34. The van der Waals surface area contributed by atoms with Crippen LogP contribution in [0.1, 0.15) is 0 Å². The molecule has 1 aromatic heterocycles. The average Bonchev–Trinajstić information content (AvgIpc) is 2.57. The zero-order chi connectivity index (χ0) is 10.1. The van der Waals surface area contributed by atoms with E-state index < -0.39 is 0 Å². The Morgan fingerprint density at radius 2 is 2.43 bits per heavy atom. The number of hydrazine groups is 2. The van der Waals surface area contributed by atoms with Crippen molar-refractivity contribution in [3.05, 3.63) is 6.33 Å². The van der Waals surface area contributed by atoms with Crippen LogP contribution in [0.4, 0.5) is 10.6 Å². The fourth-order valence-corrected chi connectivity index (χ4v) is 1.11. The second-order valence-electron chi connectivity index (χ2n) is 2.65. The highest BCUT2D eigenvalue weighted by molar-refractivity contribution is 5.82. The topological polar surface area (TPSA) is 83.4 Å². The van der Waals surface area contributed by atoms with E-state index in [4.69, 9.17) is 4.84 Å². The lowest BCUT2D eigenvalue weighted by Crippen LogP contribution is -2.49. The zero-order valence-electron chi connectivity index (χ0n) is 7.74. The standard InChI is InChI=1S/C6H10N6O2/c1-7-14-5-4-9-10-11(2)6(13)12(4)3-8-5/h3,7,9-10H,1-2H3. The summed E-state index contributed by atoms with van der Waals surface area (Å²) in [6.45, 7) is 0. The van der Waals surface area contributed by atoms with Crippen LogP contribution in [0.15, 0.2) is 6.33 Å². The Bertz CT molecular complexity index is 361. The number of anilines is 1. The summed E-state index contributed by atoms with van der Waals surface area (Å²) in [5.74, 6) is 0.768. The van der Waals surface area contributed by atoms with Crippen molar-refractivity contribution in [2.75, 3.05) is 19.5 Å². The van der Waals surface area contributed by atoms with Crippen molar-refractivity contribution >= 4 is 11.8 Å². The molecule has 1 aliphatic heterocycles. The van der Waals surface area contributed by atoms with Crippen LogP contribution in [0.2, 0.25) is 0 Å². The lowest BCUT2D eigenvalue weighted by molar-refractivity contribution is 0.186. The van der Waals surface area contributed by atoms with Crippen molar-refractivity contribution in [3.8, 4) is 5.88 Å². The molecule has 0 bridgehead atoms. The van der Waals surface area contributed by atoms with Crippen molar-refractivity contribution in [3.63, 3.8) is 0 Å². The third-order valence-corrected chi connectivity index (χ3v) is 1.77. The molecule has 0 aromatic carbocycles. The molecule has 0 atom stereocenters. The number of amides is 1. The minimum Gasteiger partial charge on any atom is -0.385 e. The molecule has 3 N–H and O–H groups in total. The normalized spacial score (nSPS) is 15.0. The van der Waals surface area contributed by atoms with Crippen LogP contribution in [0.5, 0.6) is 5.88 Å². The van der Waals surface area contributed by atoms with Crippen LogP contribution in [-0.2, 0) is 0 Å². The van der Waals surface area contributed by atoms with Crippen LogP contribution in [0, 0.1) is 0 Å². The van der Waals surface area contributed by atoms with Gasteiger partial charge >= 0.3 is 6.03 Å². The van der Waals surface area contributed by atoms with Gasteiger partial charge in [0.1, 0.15) is 6.33 Å². The Morgan fingerprint density at radius 3 is 3.14 bits per heavy atom. The van der Waals surface area contributed by atoms with Gasteiger partial charge < -0.3 is 4.84 Å². The lowest BCUT2D eigenvalue weighted by atomic mass is 10.6. The van der Waals surface area contributed by atoms with Gasteiger partial charge in [-0.2, -0.15) is 10.5 Å². The molecule has 14 heavy (non-hydrogen) atoms. The maximum atomic E-state index is 11.5. The molecular formula is C6H10N6O2. The highest BCUT2D eigenvalue weighted by Gasteiger charge is 2.24. The molecule has 0 fully saturated rings. The lowest BCUT2D eigenvalue weighted by Gasteiger charge is -2.25. The molecule has 0 aliphatic carbocycles. The number of fused-ring (bicyclic) bond motifs is 1. The first kappa shape index (κ1) is 8.78. The third-order valence-electron chi connectivity index (χ3n) is 1.77. The van der Waals surface area contributed by atoms with Crippen molar-refractivity contribution in [1.82, 2.24) is 25.6 Å². The van der Waals surface area contributed by atoms with E-state index in [1.54, 1.807) is 14.1 Å². The van der Waals surface area contributed by atoms with Gasteiger partial charge in [-0.15, -0.1) is 5.53 Å². The van der Waals surface area contributed by atoms with Crippen LogP contribution >= 0.6 is 0 Å². The Labute approximate surface area is 79.7 Å². The Balaban J connectivity index is 2.35. The van der Waals surface area contributed by atoms with E-state index >= 15 is 0 Å². The average molecular weight is 198 g/mol. The summed E-state index contributed by atoms with van der Waals surface area (Å²) in [5.41, 5.74) is 7.88. The number of aromatic nitrogens is 2. The van der Waals surface area contributed by atoms with Crippen LogP contribution < -0.4 is 21.3 Å². The summed E-state index contributed by atoms with van der Waals surface area (Å²) in [6, 6.07) is -0.239. The minimum atomic E-state index is -0.239. The van der Waals surface area contributed by atoms with E-state index in [1.165, 1.54) is 15.9 Å². The maximum absolute atomic E-state index is 11.5. The highest BCUT2D eigenvalue weighted by atomic mass is 16.7. The summed E-state index contributed by atoms with van der Waals surface area (Å²) in [7, 11) is 3.20. The number of rotatable bonds is 2. The maximum Gasteiger partial charge on any atom is 0.346 e. The summed E-state index contributed by atoms with van der Waals surface area (Å²) in [5, 5.41) is 1.29. The van der Waals surface area contributed by atoms with Crippen molar-refractivity contribution in [1.29, 1.82) is 0 Å². The first-order valence-corrected chi connectivity index (χ1v) is 3.94. The second kappa shape index (κ2) is 3.16. The van der Waals surface area contributed by atoms with E-state index in [-0.39, 0.29) is 6.03 Å². The Morgan fingerprint density at radius 1 is 1.64 bits per heavy atom. The van der Waals surface area contributed by atoms with Gasteiger partial charge in [-0.25, -0.2) is 14.4 Å². The van der Waals surface area contributed by atoms with Crippen LogP contribution in [0.3, 0.4) is 0 Å². The second-order valence-corrected chi connectivity index (χ2v) is 2.65. The van der Waals surface area contributed by atoms with E-state index in [0.29, 0.717) is 11.7 Å². The Hall–Kier alpha value is -1.80. The first-order valence-electron chi connectivity index (χ1n) is 3.94. The van der Waals surface area contributed by atoms with Crippen LogP contribution in [0.25, 0.3) is 0 Å². The predicted octanol–water partition coefficient (Wildman–Crippen LogP) is -0.859. The molecule has 0 radical (unpaired) electrons. The molecule has 2 heterocycles. The van der Waals surface area contributed by atoms with Gasteiger partial charge in [-0.3, -0.25) is 5.43 Å². The van der Waals surface area contributed by atoms with Gasteiger partial charge in [0.2, 0.25) is 0 Å². The van der Waals surface area contributed by atoms with Crippen molar-refractivity contribution in [2.45, 2.75) is 0 Å². The van der Waals surface area contributed by atoms with Crippen molar-refractivity contribution < 1.29 is 9.63 Å². The van der Waals surface area contributed by atoms with Gasteiger partial charge in [0, 0.05) is 14.1 Å². The molecule has 1 amide bonds. The molecular weight excluding hydrogens is 188 g/mol. The molecule has 0 unspecified atom stereocenters. The number of hydrogen-bond acceptors (Lipinski definition) is 6. The summed E-state index contributed by atoms with van der Waals surface area (Å²) in [6.07, 6.45) is 1.38. The van der Waals surface area contributed by atoms with E-state index in [1.807, 2.05) is 0 Å². The number of nitrogens with one attached hydrogen (secondary N) is 3. The summed E-state index contributed by atoms with van der Waals surface area (Å²) in [4.78, 5) is 20.4. The fraction of sp³-hybridized carbons (Fsp3) is 0.333. The first-order chi connectivity index (χ1) is 6.74. The number of imidazole rings is 1. The smallest absolute Gasteiger partial charge is 0.346 e. The molecule has 0 saturated carbocycles. The SMILES string of the molecule is CNOc1ncn2c1NNN(C)C2=O. The molecule has 8 nitrogen and oxygen atoms in total. The highest BCUT2D eigenvalue weighted by Crippen LogP contribution is 2.23. The number of nitrogens with zero attached hydrogens (tertiary/aromatic N) is 3. The molecule has 1 aliphatic rings. The molecule has 1 aromatic rings. The predicted molar refractivity (Wildman–Crippen MR) is 47.2 cm³/mol. The largest absolute Gasteiger partial charge is 0.385 e. The van der Waals surface area contributed by atoms with Gasteiger partial charge in [0.05, 0.1) is 0 Å². The monoisotopic (exact) mass is 198 g/mol. The van der Waals surface area contributed by atoms with E-state index in [9.17, 15) is 4.79 Å². The van der Waals surface area contributed by atoms with E-state index in [0.717, 1.165) is 0 Å². The van der Waals surface area contributed by atoms with Gasteiger partial charge in [0.15, 0.2) is 5.82 Å². The zero-order valence-corrected chi connectivity index (χ0v) is 7.74. The molecule has 76 valence electrons. The number of hydrogen-bond donors (Lipinski definition) is 3. The molecule has 2 rings (SSSR count). The Kier molecular flexibility index (Phi) is 1.98. The number of carbonyl (C=O) groups excluding carboxylic acids is 1. The summed E-state index contributed by atoms with van der Waals surface area (Å²) >= 11 is 0. The fourth-order valence-electron chi connectivity index (χ4n) is 1.11. The van der Waals surface area contributed by atoms with Crippen LogP contribution in [-0.4, -0.2) is 34.7 Å². The van der Waals surface area contributed by atoms with Crippen molar-refractivity contribution in [2.24, 2.45) is 0 Å². The minimum absolute atomic E-state index is 0.239. The van der Waals surface area contributed by atoms with E-state index in [2.05, 4.69) is 21.4 Å². The van der Waals surface area contributed by atoms with Gasteiger partial charge in [0.25, 0.3) is 5.88 Å². The molecule has 8 heteroatoms. The molecule has 0 saturated heterocycles. The van der Waals surface area contributed by atoms with Gasteiger partial charge in [-0.1, -0.05) is 0 Å². The quantitative estimate of drug-likeness (QED) is 0.536. The molecule has 0 spiro atoms. The van der Waals surface area contributed by atoms with Gasteiger partial charge in [-0.05, 0) is 0 Å². The third kappa shape index (κ3) is 1.17.